The van der Waals surface area contributed by atoms with Gasteiger partial charge in [0.15, 0.2) is 0 Å². The molecule has 0 saturated carbocycles. The zero-order valence-electron chi connectivity index (χ0n) is 13.8. The molecule has 0 fully saturated rings. The maximum Gasteiger partial charge on any atom is 0.0791 e. The molecule has 0 saturated heterocycles. The predicted octanol–water partition coefficient (Wildman–Crippen LogP) is 1.41. The average Bonchev–Trinajstić information content (AvgIpc) is 3.02. The van der Waals surface area contributed by atoms with Gasteiger partial charge in [0.1, 0.15) is 0 Å². The van der Waals surface area contributed by atoms with Crippen molar-refractivity contribution in [3.05, 3.63) is 53.3 Å². The molecule has 2 heterocycles. The second kappa shape index (κ2) is 7.73. The van der Waals surface area contributed by atoms with Gasteiger partial charge in [-0.05, 0) is 30.5 Å². The minimum Gasteiger partial charge on any atom is -0.390 e. The highest BCUT2D eigenvalue weighted by Crippen LogP contribution is 2.18. The molecule has 1 unspecified atom stereocenters. The van der Waals surface area contributed by atoms with E-state index in [1.165, 1.54) is 11.1 Å². The van der Waals surface area contributed by atoms with Crippen LogP contribution in [-0.4, -0.2) is 45.5 Å². The number of aliphatic hydroxyl groups is 1. The molecule has 1 atom stereocenters. The predicted molar refractivity (Wildman–Crippen MR) is 91.0 cm³/mol. The summed E-state index contributed by atoms with van der Waals surface area (Å²) in [6.07, 6.45) is 2.55. The second-order valence-corrected chi connectivity index (χ2v) is 6.18. The van der Waals surface area contributed by atoms with Crippen LogP contribution in [0.15, 0.2) is 36.5 Å². The molecule has 3 rings (SSSR count). The number of rotatable bonds is 7. The molecule has 0 bridgehead atoms. The van der Waals surface area contributed by atoms with Crippen molar-refractivity contribution >= 4 is 0 Å². The lowest BCUT2D eigenvalue weighted by molar-refractivity contribution is 0.104. The third kappa shape index (κ3) is 4.19. The molecule has 2 N–H and O–H groups in total. The second-order valence-electron chi connectivity index (χ2n) is 6.18. The smallest absolute Gasteiger partial charge is 0.0791 e. The molecular weight excluding hydrogens is 288 g/mol. The van der Waals surface area contributed by atoms with Crippen LogP contribution in [-0.2, 0) is 26.1 Å². The van der Waals surface area contributed by atoms with Gasteiger partial charge in [-0.25, -0.2) is 0 Å². The van der Waals surface area contributed by atoms with E-state index in [-0.39, 0.29) is 6.10 Å². The molecule has 1 aliphatic rings. The first-order valence-electron chi connectivity index (χ1n) is 8.45. The molecule has 0 amide bonds. The summed E-state index contributed by atoms with van der Waals surface area (Å²) in [5, 5.41) is 17.9. The number of fused-ring (bicyclic) bond motifs is 1. The van der Waals surface area contributed by atoms with E-state index in [0.29, 0.717) is 13.1 Å². The lowest BCUT2D eigenvalue weighted by Crippen LogP contribution is -2.40. The Morgan fingerprint density at radius 3 is 2.91 bits per heavy atom. The van der Waals surface area contributed by atoms with Gasteiger partial charge in [0, 0.05) is 45.5 Å². The van der Waals surface area contributed by atoms with Gasteiger partial charge in [-0.15, -0.1) is 0 Å². The Labute approximate surface area is 137 Å². The number of nitrogens with zero attached hydrogens (tertiary/aromatic N) is 3. The summed E-state index contributed by atoms with van der Waals surface area (Å²) in [5.41, 5.74) is 4.00. The fraction of sp³-hybridized carbons (Fsp3) is 0.500. The highest BCUT2D eigenvalue weighted by Gasteiger charge is 2.18. The monoisotopic (exact) mass is 314 g/mol. The molecule has 0 radical (unpaired) electrons. The number of nitrogens with one attached hydrogen (secondary N) is 1. The van der Waals surface area contributed by atoms with E-state index in [1.54, 1.807) is 0 Å². The molecule has 5 nitrogen and oxygen atoms in total. The molecule has 0 spiro atoms. The minimum absolute atomic E-state index is 0.349. The first-order chi connectivity index (χ1) is 11.3. The summed E-state index contributed by atoms with van der Waals surface area (Å²) >= 11 is 0. The van der Waals surface area contributed by atoms with Crippen molar-refractivity contribution < 1.29 is 5.11 Å². The van der Waals surface area contributed by atoms with E-state index in [2.05, 4.69) is 46.5 Å². The molecule has 1 aliphatic heterocycles. The first-order valence-corrected chi connectivity index (χ1v) is 8.45. The summed E-state index contributed by atoms with van der Waals surface area (Å²) < 4.78 is 1.97. The molecule has 23 heavy (non-hydrogen) atoms. The van der Waals surface area contributed by atoms with Crippen LogP contribution in [0.4, 0.5) is 0 Å². The van der Waals surface area contributed by atoms with Gasteiger partial charge in [-0.1, -0.05) is 24.3 Å². The van der Waals surface area contributed by atoms with Crippen LogP contribution in [0.2, 0.25) is 0 Å². The summed E-state index contributed by atoms with van der Waals surface area (Å²) in [6.45, 7) is 6.99. The van der Waals surface area contributed by atoms with Crippen molar-refractivity contribution in [3.63, 3.8) is 0 Å². The van der Waals surface area contributed by atoms with Crippen molar-refractivity contribution in [3.8, 4) is 0 Å². The molecule has 1 aromatic carbocycles. The van der Waals surface area contributed by atoms with Crippen LogP contribution in [0.5, 0.6) is 0 Å². The molecule has 0 aliphatic carbocycles. The van der Waals surface area contributed by atoms with Crippen molar-refractivity contribution in [1.29, 1.82) is 0 Å². The minimum atomic E-state index is -0.349. The van der Waals surface area contributed by atoms with E-state index >= 15 is 0 Å². The number of hydrogen-bond donors (Lipinski definition) is 2. The standard InChI is InChI=1S/C18H26N4O/c1-2-22-17(7-9-20-22)11-19-12-18(23)14-21-10-8-15-5-3-4-6-16(15)13-21/h3-7,9,18-19,23H,2,8,10-14H2,1H3. The number of aromatic nitrogens is 2. The maximum absolute atomic E-state index is 10.3. The Kier molecular flexibility index (Phi) is 5.43. The zero-order chi connectivity index (χ0) is 16.1. The Hall–Kier alpha value is -1.69. The Balaban J connectivity index is 1.42. The van der Waals surface area contributed by atoms with Crippen LogP contribution in [0.25, 0.3) is 0 Å². The normalized spacial score (nSPS) is 16.3. The third-order valence-electron chi connectivity index (χ3n) is 4.47. The quantitative estimate of drug-likeness (QED) is 0.811. The third-order valence-corrected chi connectivity index (χ3v) is 4.47. The van der Waals surface area contributed by atoms with Crippen molar-refractivity contribution in [2.45, 2.75) is 39.1 Å². The summed E-state index contributed by atoms with van der Waals surface area (Å²) in [7, 11) is 0. The fourth-order valence-corrected chi connectivity index (χ4v) is 3.23. The van der Waals surface area contributed by atoms with Crippen LogP contribution < -0.4 is 5.32 Å². The molecule has 124 valence electrons. The Morgan fingerprint density at radius 1 is 1.26 bits per heavy atom. The molecule has 2 aromatic rings. The summed E-state index contributed by atoms with van der Waals surface area (Å²) in [6, 6.07) is 10.6. The number of aryl methyl sites for hydroxylation is 1. The summed E-state index contributed by atoms with van der Waals surface area (Å²) in [4.78, 5) is 2.34. The Bertz CT molecular complexity index is 625. The topological polar surface area (TPSA) is 53.3 Å². The van der Waals surface area contributed by atoms with Crippen molar-refractivity contribution in [1.82, 2.24) is 20.0 Å². The van der Waals surface area contributed by atoms with Crippen molar-refractivity contribution in [2.24, 2.45) is 0 Å². The SMILES string of the molecule is CCn1nccc1CNCC(O)CN1CCc2ccccc2C1. The van der Waals surface area contributed by atoms with Gasteiger partial charge in [0.05, 0.1) is 11.8 Å². The molecular formula is C18H26N4O. The highest BCUT2D eigenvalue weighted by molar-refractivity contribution is 5.29. The first kappa shape index (κ1) is 16.2. The Morgan fingerprint density at radius 2 is 2.09 bits per heavy atom. The van der Waals surface area contributed by atoms with Crippen LogP contribution >= 0.6 is 0 Å². The zero-order valence-corrected chi connectivity index (χ0v) is 13.8. The van der Waals surface area contributed by atoms with Gasteiger partial charge < -0.3 is 10.4 Å². The fourth-order valence-electron chi connectivity index (χ4n) is 3.23. The van der Waals surface area contributed by atoms with Gasteiger partial charge in [-0.3, -0.25) is 9.58 Å². The van der Waals surface area contributed by atoms with Crippen molar-refractivity contribution in [2.75, 3.05) is 19.6 Å². The number of benzene rings is 1. The van der Waals surface area contributed by atoms with Crippen LogP contribution in [0.3, 0.4) is 0 Å². The number of hydrogen-bond acceptors (Lipinski definition) is 4. The van der Waals surface area contributed by atoms with Gasteiger partial charge in [-0.2, -0.15) is 5.10 Å². The van der Waals surface area contributed by atoms with E-state index in [4.69, 9.17) is 0 Å². The van der Waals surface area contributed by atoms with E-state index < -0.39 is 0 Å². The largest absolute Gasteiger partial charge is 0.390 e. The molecule has 1 aromatic heterocycles. The number of aliphatic hydroxyl groups excluding tert-OH is 1. The van der Waals surface area contributed by atoms with Gasteiger partial charge in [0.25, 0.3) is 0 Å². The lowest BCUT2D eigenvalue weighted by Gasteiger charge is -2.30. The van der Waals surface area contributed by atoms with E-state index in [9.17, 15) is 5.11 Å². The van der Waals surface area contributed by atoms with Gasteiger partial charge in [0.2, 0.25) is 0 Å². The van der Waals surface area contributed by atoms with E-state index in [0.717, 1.165) is 38.3 Å². The maximum atomic E-state index is 10.3. The summed E-state index contributed by atoms with van der Waals surface area (Å²) in [5.74, 6) is 0. The average molecular weight is 314 g/mol. The number of β-amino-alcohol motifs (C(OH)–C–C–N with tert-alkyl or cyclic N) is 1. The van der Waals surface area contributed by atoms with Gasteiger partial charge >= 0.3 is 0 Å². The molecule has 5 heteroatoms. The highest BCUT2D eigenvalue weighted by atomic mass is 16.3. The van der Waals surface area contributed by atoms with Crippen LogP contribution in [0.1, 0.15) is 23.7 Å². The van der Waals surface area contributed by atoms with Crippen LogP contribution in [0, 0.1) is 0 Å². The lowest BCUT2D eigenvalue weighted by atomic mass is 10.00. The van der Waals surface area contributed by atoms with E-state index in [1.807, 2.05) is 16.9 Å².